The number of benzene rings is 1. The highest BCUT2D eigenvalue weighted by Crippen LogP contribution is 2.28. The van der Waals surface area contributed by atoms with E-state index in [9.17, 15) is 4.79 Å². The zero-order chi connectivity index (χ0) is 21.8. The van der Waals surface area contributed by atoms with Crippen LogP contribution in [0.2, 0.25) is 5.02 Å². The van der Waals surface area contributed by atoms with Gasteiger partial charge in [-0.15, -0.1) is 0 Å². The lowest BCUT2D eigenvalue weighted by Crippen LogP contribution is -2.41. The van der Waals surface area contributed by atoms with Crippen molar-refractivity contribution in [2.75, 3.05) is 39.4 Å². The minimum absolute atomic E-state index is 0.134. The Morgan fingerprint density at radius 2 is 1.84 bits per heavy atom. The van der Waals surface area contributed by atoms with Gasteiger partial charge in [0.2, 0.25) is 5.91 Å². The molecule has 2 saturated heterocycles. The molecule has 0 aliphatic carbocycles. The Kier molecular flexibility index (Phi) is 7.20. The number of piperidine rings is 1. The summed E-state index contributed by atoms with van der Waals surface area (Å²) < 4.78 is 5.35. The molecule has 1 atom stereocenters. The van der Waals surface area contributed by atoms with Gasteiger partial charge in [-0.25, -0.2) is 9.97 Å². The first-order valence-corrected chi connectivity index (χ1v) is 11.5. The highest BCUT2D eigenvalue weighted by atomic mass is 35.5. The molecule has 1 aromatic heterocycles. The molecule has 1 aromatic carbocycles. The second-order valence-electron chi connectivity index (χ2n) is 8.57. The second-order valence-corrected chi connectivity index (χ2v) is 8.97. The van der Waals surface area contributed by atoms with E-state index in [4.69, 9.17) is 26.3 Å². The number of morpholine rings is 1. The van der Waals surface area contributed by atoms with Crippen LogP contribution in [-0.2, 0) is 22.5 Å². The van der Waals surface area contributed by atoms with E-state index in [-0.39, 0.29) is 5.91 Å². The van der Waals surface area contributed by atoms with E-state index in [0.717, 1.165) is 65.8 Å². The van der Waals surface area contributed by atoms with Gasteiger partial charge < -0.3 is 9.64 Å². The summed E-state index contributed by atoms with van der Waals surface area (Å²) in [5.74, 6) is 1.34. The Balaban J connectivity index is 1.44. The minimum atomic E-state index is 0.134. The lowest BCUT2D eigenvalue weighted by molar-refractivity contribution is -0.134. The van der Waals surface area contributed by atoms with Crippen LogP contribution in [0.25, 0.3) is 0 Å². The number of aromatic nitrogens is 2. The third-order valence-electron chi connectivity index (χ3n) is 6.35. The van der Waals surface area contributed by atoms with Gasteiger partial charge in [0.15, 0.2) is 0 Å². The van der Waals surface area contributed by atoms with Crippen molar-refractivity contribution < 1.29 is 9.53 Å². The summed E-state index contributed by atoms with van der Waals surface area (Å²) in [6, 6.07) is 8.05. The van der Waals surface area contributed by atoms with Gasteiger partial charge in [0, 0.05) is 54.1 Å². The highest BCUT2D eigenvalue weighted by Gasteiger charge is 2.26. The van der Waals surface area contributed by atoms with E-state index in [1.165, 1.54) is 0 Å². The minimum Gasteiger partial charge on any atom is -0.378 e. The van der Waals surface area contributed by atoms with E-state index in [1.807, 2.05) is 36.9 Å². The van der Waals surface area contributed by atoms with Crippen LogP contribution in [0.3, 0.4) is 0 Å². The maximum Gasteiger partial charge on any atom is 0.227 e. The Morgan fingerprint density at radius 1 is 1.13 bits per heavy atom. The average molecular weight is 443 g/mol. The smallest absolute Gasteiger partial charge is 0.227 e. The van der Waals surface area contributed by atoms with Crippen LogP contribution in [-0.4, -0.2) is 65.1 Å². The summed E-state index contributed by atoms with van der Waals surface area (Å²) in [4.78, 5) is 26.7. The molecule has 0 saturated carbocycles. The van der Waals surface area contributed by atoms with Crippen LogP contribution in [0, 0.1) is 13.8 Å². The van der Waals surface area contributed by atoms with Gasteiger partial charge in [-0.05, 0) is 44.9 Å². The summed E-state index contributed by atoms with van der Waals surface area (Å²) in [6.45, 7) is 9.41. The number of carbonyl (C=O) groups excluding carboxylic acids is 1. The molecule has 1 amide bonds. The number of amides is 1. The molecule has 0 N–H and O–H groups in total. The molecule has 3 heterocycles. The number of nitrogens with zero attached hydrogens (tertiary/aromatic N) is 4. The van der Waals surface area contributed by atoms with Crippen molar-refractivity contribution in [2.24, 2.45) is 0 Å². The summed E-state index contributed by atoms with van der Waals surface area (Å²) >= 11 is 6.36. The zero-order valence-corrected chi connectivity index (χ0v) is 19.2. The van der Waals surface area contributed by atoms with Gasteiger partial charge >= 0.3 is 0 Å². The molecule has 0 bridgehead atoms. The molecule has 0 spiro atoms. The molecular weight excluding hydrogens is 412 g/mol. The van der Waals surface area contributed by atoms with Crippen molar-refractivity contribution in [3.05, 3.63) is 57.6 Å². The van der Waals surface area contributed by atoms with Crippen LogP contribution >= 0.6 is 11.6 Å². The molecule has 7 heteroatoms. The second kappa shape index (κ2) is 10.1. The van der Waals surface area contributed by atoms with Crippen molar-refractivity contribution >= 4 is 17.5 Å². The van der Waals surface area contributed by atoms with Crippen LogP contribution in [0.4, 0.5) is 0 Å². The van der Waals surface area contributed by atoms with E-state index in [2.05, 4.69) is 11.0 Å². The topological polar surface area (TPSA) is 58.6 Å². The van der Waals surface area contributed by atoms with E-state index in [1.54, 1.807) is 0 Å². The molecule has 0 unspecified atom stereocenters. The fourth-order valence-corrected chi connectivity index (χ4v) is 4.75. The summed E-state index contributed by atoms with van der Waals surface area (Å²) in [5, 5.41) is 0.821. The number of ether oxygens (including phenoxy) is 1. The third-order valence-corrected chi connectivity index (χ3v) is 6.72. The Labute approximate surface area is 189 Å². The number of aryl methyl sites for hydroxylation is 2. The van der Waals surface area contributed by atoms with E-state index >= 15 is 0 Å². The molecule has 2 aliphatic heterocycles. The number of likely N-dealkylation sites (tertiary alicyclic amines) is 1. The lowest BCUT2D eigenvalue weighted by Gasteiger charge is -2.32. The predicted octanol–water partition coefficient (Wildman–Crippen LogP) is 3.53. The quantitative estimate of drug-likeness (QED) is 0.709. The SMILES string of the molecule is Cc1nc([C@@H]2CCCN(Cc3ccccc3Cl)C2)nc(C)c1CC(=O)N1CCOCC1. The van der Waals surface area contributed by atoms with Crippen molar-refractivity contribution in [2.45, 2.75) is 45.6 Å². The Hall–Kier alpha value is -2.02. The molecule has 4 rings (SSSR count). The van der Waals surface area contributed by atoms with Crippen LogP contribution < -0.4 is 0 Å². The van der Waals surface area contributed by atoms with Gasteiger partial charge in [-0.1, -0.05) is 29.8 Å². The van der Waals surface area contributed by atoms with Crippen molar-refractivity contribution in [1.82, 2.24) is 19.8 Å². The van der Waals surface area contributed by atoms with E-state index in [0.29, 0.717) is 38.6 Å². The van der Waals surface area contributed by atoms with Crippen LogP contribution in [0.5, 0.6) is 0 Å². The van der Waals surface area contributed by atoms with E-state index < -0.39 is 0 Å². The van der Waals surface area contributed by atoms with Gasteiger partial charge in [-0.3, -0.25) is 9.69 Å². The van der Waals surface area contributed by atoms with Gasteiger partial charge in [0.05, 0.1) is 19.6 Å². The molecule has 6 nitrogen and oxygen atoms in total. The number of rotatable bonds is 5. The molecule has 2 fully saturated rings. The molecule has 31 heavy (non-hydrogen) atoms. The molecule has 2 aromatic rings. The monoisotopic (exact) mass is 442 g/mol. The van der Waals surface area contributed by atoms with Crippen molar-refractivity contribution in [3.63, 3.8) is 0 Å². The molecule has 0 radical (unpaired) electrons. The first kappa shape index (κ1) is 22.2. The summed E-state index contributed by atoms with van der Waals surface area (Å²) in [5.41, 5.74) is 3.97. The predicted molar refractivity (Wildman–Crippen MR) is 121 cm³/mol. The molecular formula is C24H31ClN4O2. The number of carbonyl (C=O) groups is 1. The summed E-state index contributed by atoms with van der Waals surface area (Å²) in [7, 11) is 0. The van der Waals surface area contributed by atoms with Gasteiger partial charge in [0.25, 0.3) is 0 Å². The standard InChI is InChI=1S/C24H31ClN4O2/c1-17-21(14-23(30)29-10-12-31-13-11-29)18(2)27-24(26-17)20-7-5-9-28(16-20)15-19-6-3-4-8-22(19)25/h3-4,6,8,20H,5,7,9-16H2,1-2H3/t20-/m1/s1. The van der Waals surface area contributed by atoms with Crippen molar-refractivity contribution in [1.29, 1.82) is 0 Å². The fourth-order valence-electron chi connectivity index (χ4n) is 4.56. The largest absolute Gasteiger partial charge is 0.378 e. The summed E-state index contributed by atoms with van der Waals surface area (Å²) in [6.07, 6.45) is 2.57. The number of hydrogen-bond donors (Lipinski definition) is 0. The number of halogens is 1. The molecule has 2 aliphatic rings. The maximum atomic E-state index is 12.7. The van der Waals surface area contributed by atoms with Gasteiger partial charge in [-0.2, -0.15) is 0 Å². The normalized spacial score (nSPS) is 20.1. The first-order valence-electron chi connectivity index (χ1n) is 11.2. The Morgan fingerprint density at radius 3 is 2.55 bits per heavy atom. The van der Waals surface area contributed by atoms with Crippen LogP contribution in [0.15, 0.2) is 24.3 Å². The molecule has 166 valence electrons. The van der Waals surface area contributed by atoms with Crippen LogP contribution in [0.1, 0.15) is 47.1 Å². The highest BCUT2D eigenvalue weighted by molar-refractivity contribution is 6.31. The van der Waals surface area contributed by atoms with Crippen molar-refractivity contribution in [3.8, 4) is 0 Å². The number of hydrogen-bond acceptors (Lipinski definition) is 5. The third kappa shape index (κ3) is 5.43. The maximum absolute atomic E-state index is 12.7. The first-order chi connectivity index (χ1) is 15.0. The van der Waals surface area contributed by atoms with Gasteiger partial charge in [0.1, 0.15) is 5.82 Å². The zero-order valence-electron chi connectivity index (χ0n) is 18.4. The lowest BCUT2D eigenvalue weighted by atomic mass is 9.96. The average Bonchev–Trinajstić information content (AvgIpc) is 2.78. The Bertz CT molecular complexity index is 907. The fraction of sp³-hybridized carbons (Fsp3) is 0.542.